The Kier molecular flexibility index (Phi) is 7.55. The summed E-state index contributed by atoms with van der Waals surface area (Å²) in [6, 6.07) is 15.1. The number of nitrogens with one attached hydrogen (secondary N) is 2. The van der Waals surface area contributed by atoms with Crippen molar-refractivity contribution in [2.45, 2.75) is 75.8 Å². The molecule has 6 bridgehead atoms. The molecule has 2 N–H and O–H groups in total. The Hall–Kier alpha value is -4.37. The molecule has 9 heteroatoms. The number of hydrogen-bond donors (Lipinski definition) is 2. The first-order valence-corrected chi connectivity index (χ1v) is 18.8. The van der Waals surface area contributed by atoms with Crippen LogP contribution in [0.5, 0.6) is 0 Å². The summed E-state index contributed by atoms with van der Waals surface area (Å²) in [6.07, 6.45) is 6.64. The van der Waals surface area contributed by atoms with Crippen molar-refractivity contribution >= 4 is 39.7 Å². The second-order valence-electron chi connectivity index (χ2n) is 15.8. The molecule has 10 rings (SSSR count). The third-order valence-corrected chi connectivity index (χ3v) is 13.8. The molecule has 4 aromatic rings. The van der Waals surface area contributed by atoms with Gasteiger partial charge in [-0.1, -0.05) is 55.3 Å². The van der Waals surface area contributed by atoms with Crippen LogP contribution in [-0.2, 0) is 42.1 Å². The maximum Gasteiger partial charge on any atom is 0.319 e. The lowest BCUT2D eigenvalue weighted by atomic mass is 9.56. The molecule has 1 saturated carbocycles. The molecule has 2 aliphatic carbocycles. The number of amides is 1. The van der Waals surface area contributed by atoms with Crippen LogP contribution in [0.2, 0.25) is 0 Å². The van der Waals surface area contributed by atoms with Crippen molar-refractivity contribution in [1.82, 2.24) is 19.8 Å². The lowest BCUT2D eigenvalue weighted by Gasteiger charge is -2.57. The van der Waals surface area contributed by atoms with E-state index in [0.29, 0.717) is 19.4 Å². The highest BCUT2D eigenvalue weighted by Crippen LogP contribution is 2.56. The standard InChI is InChI=1S/C42H48N4O5/c1-6-22-16-25-20-42(41(49)51-5)37-28(14-15-46(38(22)42)39(25)47)27-13-12-24(17-33(27)44-37)30-18-29-23(7-2)21-45(3)34(35(29)40(48)50-4)19-31-26-10-8-9-11-32(26)43-36(30)31/h7-13,17,22,25,29-30,34-35,38,43-44H,6,14-16,18-21H2,1-5H3/b23-7-. The summed E-state index contributed by atoms with van der Waals surface area (Å²) in [5.74, 6) is -0.386. The molecule has 8 unspecified atom stereocenters. The topological polar surface area (TPSA) is 108 Å². The third-order valence-electron chi connectivity index (χ3n) is 13.8. The molecule has 2 aromatic heterocycles. The van der Waals surface area contributed by atoms with E-state index in [2.05, 4.69) is 84.3 Å². The van der Waals surface area contributed by atoms with E-state index in [0.717, 1.165) is 59.9 Å². The van der Waals surface area contributed by atoms with Crippen molar-refractivity contribution in [1.29, 1.82) is 0 Å². The van der Waals surface area contributed by atoms with Crippen LogP contribution in [0.15, 0.2) is 54.1 Å². The number of carbonyl (C=O) groups is 3. The Morgan fingerprint density at radius 3 is 2.59 bits per heavy atom. The summed E-state index contributed by atoms with van der Waals surface area (Å²) in [6.45, 7) is 5.69. The molecule has 8 atom stereocenters. The normalized spacial score (nSPS) is 32.3. The van der Waals surface area contributed by atoms with E-state index >= 15 is 0 Å². The maximum atomic E-state index is 14.1. The number of methoxy groups -OCH3 is 2. The number of hydrogen-bond acceptors (Lipinski definition) is 6. The van der Waals surface area contributed by atoms with E-state index in [9.17, 15) is 14.4 Å². The Bertz CT molecular complexity index is 2130. The van der Waals surface area contributed by atoms with E-state index in [1.165, 1.54) is 42.0 Å². The van der Waals surface area contributed by atoms with E-state index in [1.54, 1.807) is 0 Å². The molecule has 266 valence electrons. The molecular weight excluding hydrogens is 640 g/mol. The van der Waals surface area contributed by atoms with Gasteiger partial charge >= 0.3 is 11.9 Å². The summed E-state index contributed by atoms with van der Waals surface area (Å²) in [7, 11) is 5.13. The van der Waals surface area contributed by atoms with Gasteiger partial charge in [0.1, 0.15) is 5.41 Å². The molecule has 4 fully saturated rings. The first-order valence-electron chi connectivity index (χ1n) is 18.8. The van der Waals surface area contributed by atoms with E-state index in [1.807, 2.05) is 4.90 Å². The molecule has 6 heterocycles. The average molecular weight is 689 g/mol. The van der Waals surface area contributed by atoms with E-state index in [4.69, 9.17) is 9.47 Å². The van der Waals surface area contributed by atoms with Gasteiger partial charge in [-0.25, -0.2) is 0 Å². The van der Waals surface area contributed by atoms with Crippen molar-refractivity contribution < 1.29 is 23.9 Å². The molecule has 0 spiro atoms. The molecule has 9 nitrogen and oxygen atoms in total. The van der Waals surface area contributed by atoms with Gasteiger partial charge in [0.05, 0.1) is 26.2 Å². The second-order valence-corrected chi connectivity index (χ2v) is 15.8. The Morgan fingerprint density at radius 1 is 1.02 bits per heavy atom. The summed E-state index contributed by atoms with van der Waals surface area (Å²) in [5.41, 5.74) is 8.19. The smallest absolute Gasteiger partial charge is 0.319 e. The van der Waals surface area contributed by atoms with E-state index in [-0.39, 0.29) is 59.5 Å². The Balaban J connectivity index is 1.23. The fraction of sp³-hybridized carbons (Fsp3) is 0.500. The summed E-state index contributed by atoms with van der Waals surface area (Å²) >= 11 is 0. The van der Waals surface area contributed by atoms with Crippen LogP contribution < -0.4 is 0 Å². The molecular formula is C42H48N4O5. The van der Waals surface area contributed by atoms with Crippen LogP contribution in [-0.4, -0.2) is 84.1 Å². The van der Waals surface area contributed by atoms with Crippen LogP contribution in [0.3, 0.4) is 0 Å². The Labute approximate surface area is 298 Å². The number of H-pyrrole nitrogens is 2. The predicted molar refractivity (Wildman–Crippen MR) is 195 cm³/mol. The van der Waals surface area contributed by atoms with Gasteiger partial charge < -0.3 is 24.3 Å². The van der Waals surface area contributed by atoms with Crippen molar-refractivity contribution in [3.63, 3.8) is 0 Å². The molecule has 2 aromatic carbocycles. The number of ether oxygens (including phenoxy) is 2. The van der Waals surface area contributed by atoms with Crippen LogP contribution in [0, 0.1) is 23.7 Å². The van der Waals surface area contributed by atoms with Gasteiger partial charge in [0.2, 0.25) is 5.91 Å². The largest absolute Gasteiger partial charge is 0.469 e. The van der Waals surface area contributed by atoms with Gasteiger partial charge in [0.25, 0.3) is 0 Å². The third kappa shape index (κ3) is 4.46. The zero-order valence-corrected chi connectivity index (χ0v) is 30.3. The van der Waals surface area contributed by atoms with Crippen LogP contribution in [0.25, 0.3) is 21.8 Å². The number of para-hydroxylation sites is 1. The van der Waals surface area contributed by atoms with Crippen molar-refractivity contribution in [2.24, 2.45) is 23.7 Å². The highest BCUT2D eigenvalue weighted by atomic mass is 16.5. The summed E-state index contributed by atoms with van der Waals surface area (Å²) in [5, 5.41) is 2.31. The van der Waals surface area contributed by atoms with Crippen molar-refractivity contribution in [3.8, 4) is 0 Å². The number of rotatable bonds is 4. The van der Waals surface area contributed by atoms with Crippen LogP contribution in [0.1, 0.15) is 73.5 Å². The minimum atomic E-state index is -0.917. The highest BCUT2D eigenvalue weighted by molar-refractivity contribution is 5.95. The monoisotopic (exact) mass is 688 g/mol. The SMILES string of the molecule is C/C=C1/CN(C)C2Cc3c([nH]c4ccccc34)C(c3ccc4c5c([nH]c4c3)C3(C(=O)OC)CC4CC(CC)C3N(CC5)C4=O)CC1C2C(=O)OC. The van der Waals surface area contributed by atoms with E-state index < -0.39 is 5.41 Å². The lowest BCUT2D eigenvalue weighted by Crippen LogP contribution is -2.69. The number of likely N-dealkylation sites (tertiary alicyclic amines) is 1. The van der Waals surface area contributed by atoms with Crippen molar-refractivity contribution in [2.75, 3.05) is 34.4 Å². The minimum absolute atomic E-state index is 0.00536. The Morgan fingerprint density at radius 2 is 1.82 bits per heavy atom. The van der Waals surface area contributed by atoms with Crippen molar-refractivity contribution in [3.05, 3.63) is 82.2 Å². The molecule has 51 heavy (non-hydrogen) atoms. The quantitative estimate of drug-likeness (QED) is 0.201. The average Bonchev–Trinajstić information content (AvgIpc) is 3.66. The first-order chi connectivity index (χ1) is 24.7. The van der Waals surface area contributed by atoms with Gasteiger partial charge in [-0.15, -0.1) is 0 Å². The fourth-order valence-corrected chi connectivity index (χ4v) is 11.6. The number of allylic oxidation sites excluding steroid dienone is 1. The second kappa shape index (κ2) is 11.8. The number of fused-ring (bicyclic) bond motifs is 9. The summed E-state index contributed by atoms with van der Waals surface area (Å²) < 4.78 is 11.1. The predicted octanol–water partition coefficient (Wildman–Crippen LogP) is 6.01. The number of aromatic nitrogens is 2. The van der Waals surface area contributed by atoms with Gasteiger partial charge in [-0.3, -0.25) is 19.3 Å². The zero-order valence-electron chi connectivity index (χ0n) is 30.3. The fourth-order valence-electron chi connectivity index (χ4n) is 11.6. The number of esters is 2. The number of aromatic amines is 2. The van der Waals surface area contributed by atoms with Crippen LogP contribution >= 0.6 is 0 Å². The molecule has 4 aliphatic heterocycles. The first kappa shape index (κ1) is 32.5. The van der Waals surface area contributed by atoms with Gasteiger partial charge in [-0.05, 0) is 86.7 Å². The number of piperidine rings is 3. The van der Waals surface area contributed by atoms with Crippen LogP contribution in [0.4, 0.5) is 0 Å². The summed E-state index contributed by atoms with van der Waals surface area (Å²) in [4.78, 5) is 53.5. The molecule has 3 saturated heterocycles. The zero-order chi connectivity index (χ0) is 35.3. The van der Waals surface area contributed by atoms with Gasteiger partial charge in [0.15, 0.2) is 0 Å². The molecule has 6 aliphatic rings. The number of benzene rings is 2. The number of carbonyl (C=O) groups excluding carboxylic acids is 3. The molecule has 0 radical (unpaired) electrons. The highest BCUT2D eigenvalue weighted by Gasteiger charge is 2.65. The molecule has 1 amide bonds. The maximum absolute atomic E-state index is 14.1. The number of nitrogens with zero attached hydrogens (tertiary/aromatic N) is 2. The minimum Gasteiger partial charge on any atom is -0.469 e. The lowest BCUT2D eigenvalue weighted by molar-refractivity contribution is -0.172. The van der Waals surface area contributed by atoms with Gasteiger partial charge in [-0.2, -0.15) is 0 Å². The number of likely N-dealkylation sites (N-methyl/N-ethyl adjacent to an activating group) is 1. The van der Waals surface area contributed by atoms with Gasteiger partial charge in [0, 0.05) is 64.2 Å².